The van der Waals surface area contributed by atoms with Gasteiger partial charge in [0.1, 0.15) is 4.90 Å². The Labute approximate surface area is 163 Å². The van der Waals surface area contributed by atoms with Crippen LogP contribution in [-0.4, -0.2) is 31.7 Å². The summed E-state index contributed by atoms with van der Waals surface area (Å²) in [4.78, 5) is 12.5. The Morgan fingerprint density at radius 3 is 2.35 bits per heavy atom. The number of para-hydroxylation sites is 1. The van der Waals surface area contributed by atoms with Crippen molar-refractivity contribution in [1.82, 2.24) is 4.31 Å². The molecule has 26 heavy (non-hydrogen) atoms. The molecule has 1 fully saturated rings. The SMILES string of the molecule is O=C(Nc1ccccc1Cl)c1ccc(Cl)c(S(=O)(=O)N2CCCCC2)c1. The molecule has 0 spiro atoms. The average molecular weight is 413 g/mol. The van der Waals surface area contributed by atoms with Crippen LogP contribution in [0.2, 0.25) is 10.0 Å². The second-order valence-corrected chi connectivity index (χ2v) is 8.76. The number of hydrogen-bond acceptors (Lipinski definition) is 3. The molecule has 1 aliphatic heterocycles. The molecule has 0 aliphatic carbocycles. The summed E-state index contributed by atoms with van der Waals surface area (Å²) >= 11 is 12.2. The van der Waals surface area contributed by atoms with E-state index in [-0.39, 0.29) is 15.5 Å². The Bertz CT molecular complexity index is 926. The van der Waals surface area contributed by atoms with E-state index in [1.165, 1.54) is 22.5 Å². The summed E-state index contributed by atoms with van der Waals surface area (Å²) in [5, 5.41) is 3.18. The van der Waals surface area contributed by atoms with Crippen LogP contribution in [0.15, 0.2) is 47.4 Å². The van der Waals surface area contributed by atoms with E-state index in [0.717, 1.165) is 19.3 Å². The summed E-state index contributed by atoms with van der Waals surface area (Å²) in [7, 11) is -3.73. The minimum atomic E-state index is -3.73. The van der Waals surface area contributed by atoms with Crippen LogP contribution >= 0.6 is 23.2 Å². The predicted molar refractivity (Wildman–Crippen MR) is 103 cm³/mol. The molecule has 1 amide bonds. The largest absolute Gasteiger partial charge is 0.321 e. The molecule has 1 heterocycles. The summed E-state index contributed by atoms with van der Waals surface area (Å²) in [6.45, 7) is 0.934. The first-order chi connectivity index (χ1) is 12.4. The maximum atomic E-state index is 12.9. The second-order valence-electron chi connectivity index (χ2n) is 6.04. The molecule has 0 aromatic heterocycles. The zero-order chi connectivity index (χ0) is 18.7. The van der Waals surface area contributed by atoms with Gasteiger partial charge in [-0.25, -0.2) is 8.42 Å². The van der Waals surface area contributed by atoms with Gasteiger partial charge in [-0.1, -0.05) is 41.8 Å². The fraction of sp³-hybridized carbons (Fsp3) is 0.278. The standard InChI is InChI=1S/C18H18Cl2N2O3S/c19-14-6-2-3-7-16(14)21-18(23)13-8-9-15(20)17(12-13)26(24,25)22-10-4-1-5-11-22/h2-3,6-9,12H,1,4-5,10-11H2,(H,21,23). The number of sulfonamides is 1. The first-order valence-corrected chi connectivity index (χ1v) is 10.4. The number of piperidine rings is 1. The van der Waals surface area contributed by atoms with Crippen LogP contribution in [0.3, 0.4) is 0 Å². The fourth-order valence-corrected chi connectivity index (χ4v) is 5.04. The minimum Gasteiger partial charge on any atom is -0.321 e. The number of anilines is 1. The van der Waals surface area contributed by atoms with E-state index in [4.69, 9.17) is 23.2 Å². The van der Waals surface area contributed by atoms with Crippen molar-refractivity contribution in [1.29, 1.82) is 0 Å². The van der Waals surface area contributed by atoms with Crippen LogP contribution in [-0.2, 0) is 10.0 Å². The number of benzene rings is 2. The van der Waals surface area contributed by atoms with Gasteiger partial charge in [0.15, 0.2) is 0 Å². The van der Waals surface area contributed by atoms with Gasteiger partial charge in [-0.05, 0) is 43.2 Å². The molecular formula is C18H18Cl2N2O3S. The lowest BCUT2D eigenvalue weighted by atomic mass is 10.2. The van der Waals surface area contributed by atoms with Gasteiger partial charge in [0.25, 0.3) is 5.91 Å². The Balaban J connectivity index is 1.90. The third-order valence-corrected chi connectivity index (χ3v) is 6.96. The third kappa shape index (κ3) is 4.04. The molecule has 3 rings (SSSR count). The molecule has 138 valence electrons. The van der Waals surface area contributed by atoms with Crippen LogP contribution in [0.1, 0.15) is 29.6 Å². The fourth-order valence-electron chi connectivity index (χ4n) is 2.84. The van der Waals surface area contributed by atoms with Crippen LogP contribution in [0.4, 0.5) is 5.69 Å². The number of nitrogens with zero attached hydrogens (tertiary/aromatic N) is 1. The molecule has 0 bridgehead atoms. The summed E-state index contributed by atoms with van der Waals surface area (Å²) in [6.07, 6.45) is 2.66. The van der Waals surface area contributed by atoms with Gasteiger partial charge in [0, 0.05) is 18.7 Å². The molecule has 0 unspecified atom stereocenters. The predicted octanol–water partition coefficient (Wildman–Crippen LogP) is 4.42. The van der Waals surface area contributed by atoms with Crippen molar-refractivity contribution in [3.8, 4) is 0 Å². The van der Waals surface area contributed by atoms with E-state index in [9.17, 15) is 13.2 Å². The number of halogens is 2. The van der Waals surface area contributed by atoms with Gasteiger partial charge in [-0.2, -0.15) is 4.31 Å². The quantitative estimate of drug-likeness (QED) is 0.807. The second kappa shape index (κ2) is 7.96. The molecule has 8 heteroatoms. The van der Waals surface area contributed by atoms with Crippen LogP contribution < -0.4 is 5.32 Å². The van der Waals surface area contributed by atoms with E-state index < -0.39 is 15.9 Å². The molecule has 1 saturated heterocycles. The van der Waals surface area contributed by atoms with Crippen molar-refractivity contribution in [3.63, 3.8) is 0 Å². The number of carbonyl (C=O) groups is 1. The van der Waals surface area contributed by atoms with E-state index in [2.05, 4.69) is 5.32 Å². The van der Waals surface area contributed by atoms with Crippen molar-refractivity contribution >= 4 is 44.8 Å². The number of hydrogen-bond donors (Lipinski definition) is 1. The molecular weight excluding hydrogens is 395 g/mol. The smallest absolute Gasteiger partial charge is 0.255 e. The Kier molecular flexibility index (Phi) is 5.87. The molecule has 1 N–H and O–H groups in total. The van der Waals surface area contributed by atoms with Gasteiger partial charge in [-0.15, -0.1) is 0 Å². The van der Waals surface area contributed by atoms with E-state index in [1.54, 1.807) is 24.3 Å². The van der Waals surface area contributed by atoms with Crippen molar-refractivity contribution in [2.45, 2.75) is 24.2 Å². The van der Waals surface area contributed by atoms with Crippen molar-refractivity contribution in [2.75, 3.05) is 18.4 Å². The first-order valence-electron chi connectivity index (χ1n) is 8.25. The maximum Gasteiger partial charge on any atom is 0.255 e. The zero-order valence-electron chi connectivity index (χ0n) is 13.9. The van der Waals surface area contributed by atoms with Gasteiger partial charge in [0.2, 0.25) is 10.0 Å². The molecule has 1 aliphatic rings. The Morgan fingerprint density at radius 2 is 1.65 bits per heavy atom. The number of rotatable bonds is 4. The third-order valence-electron chi connectivity index (χ3n) is 4.25. The van der Waals surface area contributed by atoms with Crippen LogP contribution in [0, 0.1) is 0 Å². The highest BCUT2D eigenvalue weighted by Crippen LogP contribution is 2.28. The summed E-state index contributed by atoms with van der Waals surface area (Å²) in [5.74, 6) is -0.454. The lowest BCUT2D eigenvalue weighted by Crippen LogP contribution is -2.35. The minimum absolute atomic E-state index is 0.0483. The molecule has 2 aromatic carbocycles. The van der Waals surface area contributed by atoms with E-state index in [0.29, 0.717) is 23.8 Å². The van der Waals surface area contributed by atoms with Gasteiger partial charge < -0.3 is 5.32 Å². The van der Waals surface area contributed by atoms with Gasteiger partial charge >= 0.3 is 0 Å². The van der Waals surface area contributed by atoms with Gasteiger partial charge in [0.05, 0.1) is 15.7 Å². The molecule has 2 aromatic rings. The number of amides is 1. The van der Waals surface area contributed by atoms with Gasteiger partial charge in [-0.3, -0.25) is 4.79 Å². The van der Waals surface area contributed by atoms with Crippen LogP contribution in [0.5, 0.6) is 0 Å². The Hall–Kier alpha value is -1.60. The van der Waals surface area contributed by atoms with Crippen molar-refractivity contribution in [3.05, 3.63) is 58.1 Å². The maximum absolute atomic E-state index is 12.9. The van der Waals surface area contributed by atoms with Crippen molar-refractivity contribution in [2.24, 2.45) is 0 Å². The lowest BCUT2D eigenvalue weighted by molar-refractivity contribution is 0.102. The highest BCUT2D eigenvalue weighted by molar-refractivity contribution is 7.89. The molecule has 0 saturated carbocycles. The summed E-state index contributed by atoms with van der Waals surface area (Å²) in [5.41, 5.74) is 0.652. The van der Waals surface area contributed by atoms with Crippen LogP contribution in [0.25, 0.3) is 0 Å². The molecule has 0 radical (unpaired) electrons. The first kappa shape index (κ1) is 19.2. The Morgan fingerprint density at radius 1 is 0.962 bits per heavy atom. The normalized spacial score (nSPS) is 15.6. The highest BCUT2D eigenvalue weighted by Gasteiger charge is 2.28. The highest BCUT2D eigenvalue weighted by atomic mass is 35.5. The molecule has 0 atom stereocenters. The zero-order valence-corrected chi connectivity index (χ0v) is 16.2. The number of carbonyl (C=O) groups excluding carboxylic acids is 1. The molecule has 5 nitrogen and oxygen atoms in total. The van der Waals surface area contributed by atoms with Crippen molar-refractivity contribution < 1.29 is 13.2 Å². The average Bonchev–Trinajstić information content (AvgIpc) is 2.64. The van der Waals surface area contributed by atoms with E-state index >= 15 is 0 Å². The van der Waals surface area contributed by atoms with E-state index in [1.807, 2.05) is 0 Å². The number of nitrogens with one attached hydrogen (secondary N) is 1. The monoisotopic (exact) mass is 412 g/mol. The summed E-state index contributed by atoms with van der Waals surface area (Å²) in [6, 6.07) is 11.1. The summed E-state index contributed by atoms with van der Waals surface area (Å²) < 4.78 is 27.2. The topological polar surface area (TPSA) is 66.5 Å². The lowest BCUT2D eigenvalue weighted by Gasteiger charge is -2.26.